The van der Waals surface area contributed by atoms with E-state index in [4.69, 9.17) is 21.1 Å². The second kappa shape index (κ2) is 5.01. The SMILES string of the molecule is Cc1cnc2c(OC=O)c(Cl)c(OC=O)cc2c1. The van der Waals surface area contributed by atoms with Crippen LogP contribution in [0.4, 0.5) is 0 Å². The number of fused-ring (bicyclic) bond motifs is 1. The lowest BCUT2D eigenvalue weighted by Gasteiger charge is -2.09. The molecule has 1 aromatic heterocycles. The number of pyridine rings is 1. The van der Waals surface area contributed by atoms with Gasteiger partial charge in [-0.3, -0.25) is 14.6 Å². The Balaban J connectivity index is 2.77. The summed E-state index contributed by atoms with van der Waals surface area (Å²) in [5.74, 6) is 0.185. The van der Waals surface area contributed by atoms with Crippen molar-refractivity contribution in [1.29, 1.82) is 0 Å². The molecule has 0 saturated heterocycles. The van der Waals surface area contributed by atoms with Crippen LogP contribution in [0.15, 0.2) is 18.3 Å². The predicted octanol–water partition coefficient (Wildman–Crippen LogP) is 2.27. The molecule has 0 N–H and O–H groups in total. The number of nitrogens with zero attached hydrogens (tertiary/aromatic N) is 1. The number of aryl methyl sites for hydroxylation is 1. The molecule has 0 fully saturated rings. The van der Waals surface area contributed by atoms with Crippen molar-refractivity contribution in [2.75, 3.05) is 0 Å². The number of ether oxygens (including phenoxy) is 2. The number of hydrogen-bond donors (Lipinski definition) is 0. The van der Waals surface area contributed by atoms with E-state index >= 15 is 0 Å². The fourth-order valence-electron chi connectivity index (χ4n) is 1.61. The average Bonchev–Trinajstić information content (AvgIpc) is 2.34. The molecule has 0 aliphatic heterocycles. The van der Waals surface area contributed by atoms with Gasteiger partial charge < -0.3 is 9.47 Å². The molecule has 2 rings (SSSR count). The minimum atomic E-state index is 0.0260. The minimum Gasteiger partial charge on any atom is -0.427 e. The Hall–Kier alpha value is -2.14. The van der Waals surface area contributed by atoms with Crippen molar-refractivity contribution in [2.45, 2.75) is 6.92 Å². The van der Waals surface area contributed by atoms with Gasteiger partial charge >= 0.3 is 0 Å². The van der Waals surface area contributed by atoms with Gasteiger partial charge in [0.2, 0.25) is 0 Å². The maximum absolute atomic E-state index is 10.5. The third kappa shape index (κ3) is 2.12. The molecule has 6 heteroatoms. The van der Waals surface area contributed by atoms with Gasteiger partial charge in [0.15, 0.2) is 11.5 Å². The van der Waals surface area contributed by atoms with Crippen LogP contribution in [0.25, 0.3) is 10.9 Å². The van der Waals surface area contributed by atoms with Gasteiger partial charge in [0.25, 0.3) is 12.9 Å². The lowest BCUT2D eigenvalue weighted by Crippen LogP contribution is -1.97. The summed E-state index contributed by atoms with van der Waals surface area (Å²) in [5.41, 5.74) is 1.34. The number of benzene rings is 1. The van der Waals surface area contributed by atoms with E-state index in [0.29, 0.717) is 10.9 Å². The zero-order valence-electron chi connectivity index (χ0n) is 9.34. The number of halogens is 1. The fourth-order valence-corrected chi connectivity index (χ4v) is 1.84. The molecule has 18 heavy (non-hydrogen) atoms. The first-order valence-electron chi connectivity index (χ1n) is 4.97. The average molecular weight is 266 g/mol. The second-order valence-corrected chi connectivity index (χ2v) is 3.91. The molecule has 1 aromatic carbocycles. The van der Waals surface area contributed by atoms with Gasteiger partial charge in [0, 0.05) is 11.6 Å². The van der Waals surface area contributed by atoms with Crippen molar-refractivity contribution in [3.63, 3.8) is 0 Å². The zero-order chi connectivity index (χ0) is 13.1. The van der Waals surface area contributed by atoms with Gasteiger partial charge in [0.05, 0.1) is 0 Å². The van der Waals surface area contributed by atoms with E-state index in [9.17, 15) is 9.59 Å². The third-order valence-corrected chi connectivity index (χ3v) is 2.67. The first-order chi connectivity index (χ1) is 8.67. The smallest absolute Gasteiger partial charge is 0.298 e. The van der Waals surface area contributed by atoms with Crippen molar-refractivity contribution in [2.24, 2.45) is 0 Å². The van der Waals surface area contributed by atoms with Crippen molar-refractivity contribution in [3.8, 4) is 11.5 Å². The van der Waals surface area contributed by atoms with E-state index in [2.05, 4.69) is 4.98 Å². The first kappa shape index (κ1) is 12.3. The Morgan fingerprint density at radius 1 is 1.22 bits per heavy atom. The Morgan fingerprint density at radius 3 is 2.61 bits per heavy atom. The maximum atomic E-state index is 10.5. The van der Waals surface area contributed by atoms with Crippen molar-refractivity contribution < 1.29 is 19.1 Å². The topological polar surface area (TPSA) is 65.5 Å². The number of aromatic nitrogens is 1. The van der Waals surface area contributed by atoms with Crippen LogP contribution in [-0.2, 0) is 9.59 Å². The van der Waals surface area contributed by atoms with Crippen LogP contribution < -0.4 is 9.47 Å². The number of hydrogen-bond acceptors (Lipinski definition) is 5. The molecule has 0 radical (unpaired) electrons. The van der Waals surface area contributed by atoms with E-state index < -0.39 is 0 Å². The van der Waals surface area contributed by atoms with Gasteiger partial charge in [-0.15, -0.1) is 0 Å². The van der Waals surface area contributed by atoms with Gasteiger partial charge in [-0.25, -0.2) is 0 Å². The van der Waals surface area contributed by atoms with E-state index in [1.54, 1.807) is 12.3 Å². The first-order valence-corrected chi connectivity index (χ1v) is 5.34. The van der Waals surface area contributed by atoms with Gasteiger partial charge in [-0.1, -0.05) is 11.6 Å². The third-order valence-electron chi connectivity index (χ3n) is 2.31. The summed E-state index contributed by atoms with van der Waals surface area (Å²) in [7, 11) is 0. The normalized spacial score (nSPS) is 10.1. The summed E-state index contributed by atoms with van der Waals surface area (Å²) in [5, 5.41) is 0.686. The monoisotopic (exact) mass is 265 g/mol. The van der Waals surface area contributed by atoms with Crippen molar-refractivity contribution in [1.82, 2.24) is 4.98 Å². The zero-order valence-corrected chi connectivity index (χ0v) is 10.1. The Bertz CT molecular complexity index is 627. The summed E-state index contributed by atoms with van der Waals surface area (Å²) < 4.78 is 9.54. The molecule has 5 nitrogen and oxygen atoms in total. The van der Waals surface area contributed by atoms with Crippen LogP contribution in [-0.4, -0.2) is 17.9 Å². The Labute approximate surface area is 107 Å². The summed E-state index contributed by atoms with van der Waals surface area (Å²) in [6.45, 7) is 2.36. The standard InChI is InChI=1S/C12H8ClNO4/c1-7-2-8-3-9(17-5-15)10(13)12(18-6-16)11(8)14-4-7/h2-6H,1H3. The van der Waals surface area contributed by atoms with Crippen molar-refractivity contribution in [3.05, 3.63) is 28.9 Å². The van der Waals surface area contributed by atoms with E-state index in [1.807, 2.05) is 13.0 Å². The molecule has 0 bridgehead atoms. The van der Waals surface area contributed by atoms with Gasteiger partial charge in [-0.2, -0.15) is 0 Å². The highest BCUT2D eigenvalue weighted by molar-refractivity contribution is 6.35. The highest BCUT2D eigenvalue weighted by Crippen LogP contribution is 2.39. The summed E-state index contributed by atoms with van der Waals surface area (Å²) in [6.07, 6.45) is 1.62. The highest BCUT2D eigenvalue weighted by Gasteiger charge is 2.15. The van der Waals surface area contributed by atoms with Crippen LogP contribution in [0.2, 0.25) is 5.02 Å². The molecule has 0 saturated carbocycles. The van der Waals surface area contributed by atoms with Crippen LogP contribution >= 0.6 is 11.6 Å². The second-order valence-electron chi connectivity index (χ2n) is 3.53. The summed E-state index contributed by atoms with van der Waals surface area (Å²) in [4.78, 5) is 25.0. The molecule has 2 aromatic rings. The summed E-state index contributed by atoms with van der Waals surface area (Å²) >= 11 is 5.98. The molecule has 1 heterocycles. The molecule has 0 aliphatic carbocycles. The molecular weight excluding hydrogens is 258 g/mol. The van der Waals surface area contributed by atoms with Gasteiger partial charge in [-0.05, 0) is 24.6 Å². The molecule has 0 spiro atoms. The van der Waals surface area contributed by atoms with Crippen LogP contribution in [0.3, 0.4) is 0 Å². The maximum Gasteiger partial charge on any atom is 0.298 e. The lowest BCUT2D eigenvalue weighted by atomic mass is 10.1. The lowest BCUT2D eigenvalue weighted by molar-refractivity contribution is -0.121. The quantitative estimate of drug-likeness (QED) is 0.794. The highest BCUT2D eigenvalue weighted by atomic mass is 35.5. The van der Waals surface area contributed by atoms with Crippen molar-refractivity contribution >= 4 is 35.4 Å². The fraction of sp³-hybridized carbons (Fsp3) is 0.0833. The Morgan fingerprint density at radius 2 is 1.94 bits per heavy atom. The Kier molecular flexibility index (Phi) is 3.43. The molecule has 0 unspecified atom stereocenters. The van der Waals surface area contributed by atoms with Crippen LogP contribution in [0.5, 0.6) is 11.5 Å². The molecular formula is C12H8ClNO4. The predicted molar refractivity (Wildman–Crippen MR) is 64.9 cm³/mol. The molecule has 0 atom stereocenters. The van der Waals surface area contributed by atoms with Gasteiger partial charge in [0.1, 0.15) is 10.5 Å². The molecule has 0 aliphatic rings. The number of carbonyl (C=O) groups excluding carboxylic acids is 2. The number of rotatable bonds is 4. The minimum absolute atomic E-state index is 0.0260. The largest absolute Gasteiger partial charge is 0.427 e. The molecule has 0 amide bonds. The van der Waals surface area contributed by atoms with E-state index in [-0.39, 0.29) is 29.5 Å². The van der Waals surface area contributed by atoms with Crippen LogP contribution in [0, 0.1) is 6.92 Å². The van der Waals surface area contributed by atoms with Crippen LogP contribution in [0.1, 0.15) is 5.56 Å². The van der Waals surface area contributed by atoms with E-state index in [1.165, 1.54) is 0 Å². The molecule has 92 valence electrons. The number of carbonyl (C=O) groups is 2. The summed E-state index contributed by atoms with van der Waals surface area (Å²) in [6, 6.07) is 3.37. The van der Waals surface area contributed by atoms with E-state index in [0.717, 1.165) is 5.56 Å².